The lowest BCUT2D eigenvalue weighted by Gasteiger charge is -2.25. The number of anilines is 1. The Morgan fingerprint density at radius 2 is 1.91 bits per heavy atom. The number of nitro groups is 1. The van der Waals surface area contributed by atoms with E-state index in [1.807, 2.05) is 30.3 Å². The van der Waals surface area contributed by atoms with Crippen LogP contribution >= 0.6 is 15.9 Å². The molecule has 0 aromatic heterocycles. The molecule has 1 aliphatic heterocycles. The highest BCUT2D eigenvalue weighted by Crippen LogP contribution is 2.42. The van der Waals surface area contributed by atoms with Crippen molar-refractivity contribution in [1.29, 1.82) is 0 Å². The third-order valence-corrected chi connectivity index (χ3v) is 4.28. The molecule has 2 aromatic rings. The number of nitro benzene ring substituents is 1. The van der Waals surface area contributed by atoms with E-state index in [0.29, 0.717) is 23.0 Å². The van der Waals surface area contributed by atoms with E-state index in [1.165, 1.54) is 6.07 Å². The molecule has 0 bridgehead atoms. The third-order valence-electron chi connectivity index (χ3n) is 3.79. The fourth-order valence-electron chi connectivity index (χ4n) is 2.82. The normalized spacial score (nSPS) is 17.8. The van der Waals surface area contributed by atoms with E-state index < -0.39 is 4.92 Å². The molecule has 1 amide bonds. The predicted molar refractivity (Wildman–Crippen MR) is 86.7 cm³/mol. The molecular weight excluding hydrogens is 348 g/mol. The molecule has 0 saturated carbocycles. The number of amides is 1. The second kappa shape index (κ2) is 5.88. The molecule has 1 aliphatic rings. The standard InChI is InChI=1S/C16H13BrN2O3/c17-12-6-7-14(19(21)22)15(10-12)18-13(8-9-16(18)20)11-4-2-1-3-5-11/h1-7,10,13H,8-9H2/t13-/m0/s1. The molecule has 6 heteroatoms. The number of carbonyl (C=O) groups is 1. The van der Waals surface area contributed by atoms with Crippen LogP contribution in [0.2, 0.25) is 0 Å². The SMILES string of the molecule is O=C1CC[C@@H](c2ccccc2)N1c1cc(Br)ccc1[N+](=O)[O-]. The number of nitrogens with zero attached hydrogens (tertiary/aromatic N) is 2. The van der Waals surface area contributed by atoms with Crippen molar-refractivity contribution in [2.75, 3.05) is 4.90 Å². The zero-order chi connectivity index (χ0) is 15.7. The van der Waals surface area contributed by atoms with Gasteiger partial charge in [-0.15, -0.1) is 0 Å². The van der Waals surface area contributed by atoms with Gasteiger partial charge in [-0.2, -0.15) is 0 Å². The van der Waals surface area contributed by atoms with Crippen molar-refractivity contribution in [2.45, 2.75) is 18.9 Å². The fourth-order valence-corrected chi connectivity index (χ4v) is 3.17. The van der Waals surface area contributed by atoms with E-state index in [1.54, 1.807) is 17.0 Å². The summed E-state index contributed by atoms with van der Waals surface area (Å²) in [5.74, 6) is -0.0879. The Morgan fingerprint density at radius 1 is 1.18 bits per heavy atom. The van der Waals surface area contributed by atoms with Crippen molar-refractivity contribution in [3.63, 3.8) is 0 Å². The van der Waals surface area contributed by atoms with Crippen molar-refractivity contribution in [1.82, 2.24) is 0 Å². The Kier molecular flexibility index (Phi) is 3.94. The summed E-state index contributed by atoms with van der Waals surface area (Å²) < 4.78 is 0.708. The molecule has 22 heavy (non-hydrogen) atoms. The molecule has 0 radical (unpaired) electrons. The van der Waals surface area contributed by atoms with Crippen LogP contribution in [0.3, 0.4) is 0 Å². The van der Waals surface area contributed by atoms with Crippen LogP contribution in [0.25, 0.3) is 0 Å². The Bertz CT molecular complexity index is 733. The molecule has 0 aliphatic carbocycles. The summed E-state index contributed by atoms with van der Waals surface area (Å²) in [5.41, 5.74) is 1.28. The van der Waals surface area contributed by atoms with Crippen molar-refractivity contribution >= 4 is 33.2 Å². The first-order chi connectivity index (χ1) is 10.6. The molecule has 0 N–H and O–H groups in total. The van der Waals surface area contributed by atoms with Crippen molar-refractivity contribution in [3.8, 4) is 0 Å². The summed E-state index contributed by atoms with van der Waals surface area (Å²) in [6.07, 6.45) is 1.05. The van der Waals surface area contributed by atoms with Crippen molar-refractivity contribution in [2.24, 2.45) is 0 Å². The summed E-state index contributed by atoms with van der Waals surface area (Å²) >= 11 is 3.33. The van der Waals surface area contributed by atoms with E-state index >= 15 is 0 Å². The lowest BCUT2D eigenvalue weighted by Crippen LogP contribution is -2.28. The Balaban J connectivity index is 2.10. The number of benzene rings is 2. The molecule has 0 unspecified atom stereocenters. The number of halogens is 1. The van der Waals surface area contributed by atoms with Gasteiger partial charge in [0.1, 0.15) is 5.69 Å². The van der Waals surface area contributed by atoms with Crippen LogP contribution in [0.5, 0.6) is 0 Å². The monoisotopic (exact) mass is 360 g/mol. The first-order valence-corrected chi connectivity index (χ1v) is 7.68. The largest absolute Gasteiger partial charge is 0.299 e. The van der Waals surface area contributed by atoms with E-state index in [9.17, 15) is 14.9 Å². The van der Waals surface area contributed by atoms with Gasteiger partial charge in [-0.25, -0.2) is 0 Å². The predicted octanol–water partition coefficient (Wildman–Crippen LogP) is 4.23. The summed E-state index contributed by atoms with van der Waals surface area (Å²) in [6.45, 7) is 0. The minimum absolute atomic E-state index is 0.0561. The lowest BCUT2D eigenvalue weighted by atomic mass is 10.0. The minimum Gasteiger partial charge on any atom is -0.299 e. The smallest absolute Gasteiger partial charge is 0.293 e. The highest BCUT2D eigenvalue weighted by Gasteiger charge is 2.36. The molecule has 3 rings (SSSR count). The molecule has 0 spiro atoms. The van der Waals surface area contributed by atoms with Gasteiger partial charge in [0.25, 0.3) is 5.69 Å². The number of carbonyl (C=O) groups excluding carboxylic acids is 1. The number of hydrogen-bond acceptors (Lipinski definition) is 3. The number of rotatable bonds is 3. The van der Waals surface area contributed by atoms with Gasteiger partial charge in [-0.3, -0.25) is 19.8 Å². The Morgan fingerprint density at radius 3 is 2.59 bits per heavy atom. The highest BCUT2D eigenvalue weighted by atomic mass is 79.9. The average Bonchev–Trinajstić information content (AvgIpc) is 2.89. The number of hydrogen-bond donors (Lipinski definition) is 0. The molecule has 1 heterocycles. The Hall–Kier alpha value is -2.21. The first-order valence-electron chi connectivity index (χ1n) is 6.89. The van der Waals surface area contributed by atoms with Crippen LogP contribution in [0.15, 0.2) is 53.0 Å². The van der Waals surface area contributed by atoms with Gasteiger partial charge in [0.05, 0.1) is 11.0 Å². The van der Waals surface area contributed by atoms with Crippen LogP contribution in [0, 0.1) is 10.1 Å². The van der Waals surface area contributed by atoms with Gasteiger partial charge in [-0.05, 0) is 24.1 Å². The van der Waals surface area contributed by atoms with Crippen molar-refractivity contribution < 1.29 is 9.72 Å². The van der Waals surface area contributed by atoms with Gasteiger partial charge >= 0.3 is 0 Å². The van der Waals surface area contributed by atoms with Crippen LogP contribution in [-0.4, -0.2) is 10.8 Å². The average molecular weight is 361 g/mol. The van der Waals surface area contributed by atoms with Crippen LogP contribution in [-0.2, 0) is 4.79 Å². The molecule has 1 saturated heterocycles. The first kappa shape index (κ1) is 14.7. The summed E-state index contributed by atoms with van der Waals surface area (Å²) in [4.78, 5) is 24.7. The molecule has 5 nitrogen and oxygen atoms in total. The molecular formula is C16H13BrN2O3. The van der Waals surface area contributed by atoms with Gasteiger partial charge < -0.3 is 0 Å². The maximum absolute atomic E-state index is 12.3. The van der Waals surface area contributed by atoms with Gasteiger partial charge in [0.15, 0.2) is 0 Å². The summed E-state index contributed by atoms with van der Waals surface area (Å²) in [7, 11) is 0. The van der Waals surface area contributed by atoms with E-state index in [4.69, 9.17) is 0 Å². The van der Waals surface area contributed by atoms with E-state index in [2.05, 4.69) is 15.9 Å². The summed E-state index contributed by atoms with van der Waals surface area (Å²) in [5, 5.41) is 11.3. The second-order valence-corrected chi connectivity index (χ2v) is 6.03. The highest BCUT2D eigenvalue weighted by molar-refractivity contribution is 9.10. The summed E-state index contributed by atoms with van der Waals surface area (Å²) in [6, 6.07) is 14.1. The van der Waals surface area contributed by atoms with Gasteiger partial charge in [-0.1, -0.05) is 46.3 Å². The minimum atomic E-state index is -0.449. The van der Waals surface area contributed by atoms with Gasteiger partial charge in [0, 0.05) is 17.0 Å². The zero-order valence-corrected chi connectivity index (χ0v) is 13.2. The molecule has 112 valence electrons. The van der Waals surface area contributed by atoms with E-state index in [-0.39, 0.29) is 17.6 Å². The Labute approximate surface area is 135 Å². The maximum atomic E-state index is 12.3. The molecule has 1 atom stereocenters. The molecule has 1 fully saturated rings. The lowest BCUT2D eigenvalue weighted by molar-refractivity contribution is -0.384. The van der Waals surface area contributed by atoms with Crippen LogP contribution in [0.1, 0.15) is 24.4 Å². The van der Waals surface area contributed by atoms with Gasteiger partial charge in [0.2, 0.25) is 5.91 Å². The van der Waals surface area contributed by atoms with Crippen molar-refractivity contribution in [3.05, 3.63) is 68.7 Å². The van der Waals surface area contributed by atoms with Crippen LogP contribution < -0.4 is 4.90 Å². The third kappa shape index (κ3) is 2.62. The topological polar surface area (TPSA) is 63.5 Å². The van der Waals surface area contributed by atoms with E-state index in [0.717, 1.165) is 5.56 Å². The maximum Gasteiger partial charge on any atom is 0.293 e. The quantitative estimate of drug-likeness (QED) is 0.607. The fraction of sp³-hybridized carbons (Fsp3) is 0.188. The zero-order valence-electron chi connectivity index (χ0n) is 11.6. The second-order valence-electron chi connectivity index (χ2n) is 5.12. The molecule has 2 aromatic carbocycles. The van der Waals surface area contributed by atoms with Crippen LogP contribution in [0.4, 0.5) is 11.4 Å².